The fourth-order valence-corrected chi connectivity index (χ4v) is 0.425. The summed E-state index contributed by atoms with van der Waals surface area (Å²) < 4.78 is 4.48. The van der Waals surface area contributed by atoms with E-state index in [4.69, 9.17) is 5.11 Å². The van der Waals surface area contributed by atoms with Crippen molar-refractivity contribution < 1.29 is 19.4 Å². The van der Waals surface area contributed by atoms with Crippen LogP contribution in [-0.2, 0) is 14.3 Å². The van der Waals surface area contributed by atoms with Crippen molar-refractivity contribution in [1.29, 1.82) is 0 Å². The summed E-state index contributed by atoms with van der Waals surface area (Å²) in [7, 11) is 0. The minimum Gasteiger partial charge on any atom is -0.478 e. The third-order valence-corrected chi connectivity index (χ3v) is 0.880. The van der Waals surface area contributed by atoms with Gasteiger partial charge >= 0.3 is 11.9 Å². The van der Waals surface area contributed by atoms with Crippen molar-refractivity contribution >= 4 is 24.6 Å². The van der Waals surface area contributed by atoms with E-state index in [1.165, 1.54) is 0 Å². The standard InChI is InChI=1S/C6H8O4S/c7-5(8)1-2-6(9)10-3-4-11/h1-2,11H,3-4H2,(H,7,8)/b2-1+. The lowest BCUT2D eigenvalue weighted by atomic mass is 10.5. The third kappa shape index (κ3) is 6.92. The van der Waals surface area contributed by atoms with Crippen molar-refractivity contribution in [3.8, 4) is 0 Å². The Morgan fingerprint density at radius 2 is 2.09 bits per heavy atom. The Kier molecular flexibility index (Phi) is 5.28. The summed E-state index contributed by atoms with van der Waals surface area (Å²) in [6.45, 7) is 0.186. The number of esters is 1. The van der Waals surface area contributed by atoms with Gasteiger partial charge in [0.15, 0.2) is 0 Å². The summed E-state index contributed by atoms with van der Waals surface area (Å²) in [5.74, 6) is -1.42. The molecule has 0 aromatic carbocycles. The quantitative estimate of drug-likeness (QED) is 0.362. The van der Waals surface area contributed by atoms with Crippen molar-refractivity contribution in [3.63, 3.8) is 0 Å². The number of carbonyl (C=O) groups excluding carboxylic acids is 1. The molecule has 0 aliphatic carbocycles. The monoisotopic (exact) mass is 176 g/mol. The van der Waals surface area contributed by atoms with Crippen LogP contribution in [0.4, 0.5) is 0 Å². The van der Waals surface area contributed by atoms with Gasteiger partial charge in [-0.3, -0.25) is 0 Å². The van der Waals surface area contributed by atoms with Gasteiger partial charge in [0, 0.05) is 17.9 Å². The van der Waals surface area contributed by atoms with E-state index in [0.29, 0.717) is 5.75 Å². The predicted octanol–water partition coefficient (Wildman–Crippen LogP) is 0.100. The van der Waals surface area contributed by atoms with Crippen LogP contribution in [0.1, 0.15) is 0 Å². The Bertz CT molecular complexity index is 175. The van der Waals surface area contributed by atoms with Crippen LogP contribution in [-0.4, -0.2) is 29.4 Å². The van der Waals surface area contributed by atoms with Gasteiger partial charge in [-0.05, 0) is 0 Å². The number of carboxylic acid groups (broad SMARTS) is 1. The smallest absolute Gasteiger partial charge is 0.331 e. The second-order valence-corrected chi connectivity index (χ2v) is 2.01. The van der Waals surface area contributed by atoms with E-state index in [9.17, 15) is 9.59 Å². The van der Waals surface area contributed by atoms with Crippen LogP contribution in [0, 0.1) is 0 Å². The molecule has 0 spiro atoms. The van der Waals surface area contributed by atoms with Crippen molar-refractivity contribution in [2.45, 2.75) is 0 Å². The zero-order valence-corrected chi connectivity index (χ0v) is 6.58. The topological polar surface area (TPSA) is 63.6 Å². The number of thiol groups is 1. The van der Waals surface area contributed by atoms with Gasteiger partial charge in [-0.2, -0.15) is 12.6 Å². The molecule has 0 heterocycles. The average Bonchev–Trinajstić information content (AvgIpc) is 1.97. The number of hydrogen-bond donors (Lipinski definition) is 2. The molecule has 0 saturated carbocycles. The molecule has 4 nitrogen and oxygen atoms in total. The van der Waals surface area contributed by atoms with Gasteiger partial charge < -0.3 is 9.84 Å². The maximum absolute atomic E-state index is 10.5. The molecule has 0 atom stereocenters. The lowest BCUT2D eigenvalue weighted by Crippen LogP contribution is -2.03. The fraction of sp³-hybridized carbons (Fsp3) is 0.333. The second kappa shape index (κ2) is 5.79. The highest BCUT2D eigenvalue weighted by molar-refractivity contribution is 7.80. The summed E-state index contributed by atoms with van der Waals surface area (Å²) in [6, 6.07) is 0. The summed E-state index contributed by atoms with van der Waals surface area (Å²) in [4.78, 5) is 20.4. The normalized spacial score (nSPS) is 9.91. The molecule has 62 valence electrons. The highest BCUT2D eigenvalue weighted by Crippen LogP contribution is 1.83. The number of ether oxygens (including phenoxy) is 1. The van der Waals surface area contributed by atoms with Gasteiger partial charge in [-0.25, -0.2) is 9.59 Å². The van der Waals surface area contributed by atoms with Gasteiger partial charge in [-0.15, -0.1) is 0 Å². The Hall–Kier alpha value is -0.970. The van der Waals surface area contributed by atoms with E-state index < -0.39 is 11.9 Å². The third-order valence-electron chi connectivity index (χ3n) is 0.698. The molecule has 11 heavy (non-hydrogen) atoms. The molecular formula is C6H8O4S. The van der Waals surface area contributed by atoms with Crippen LogP contribution < -0.4 is 0 Å². The van der Waals surface area contributed by atoms with Crippen LogP contribution in [0.3, 0.4) is 0 Å². The second-order valence-electron chi connectivity index (χ2n) is 1.56. The van der Waals surface area contributed by atoms with Crippen LogP contribution >= 0.6 is 12.6 Å². The minimum absolute atomic E-state index is 0.186. The molecule has 0 saturated heterocycles. The molecule has 0 bridgehead atoms. The van der Waals surface area contributed by atoms with Crippen LogP contribution in [0.2, 0.25) is 0 Å². The first kappa shape index (κ1) is 10.0. The number of carboxylic acids is 1. The summed E-state index contributed by atoms with van der Waals surface area (Å²) in [6.07, 6.45) is 1.58. The first-order chi connectivity index (χ1) is 5.16. The molecule has 5 heteroatoms. The van der Waals surface area contributed by atoms with Gasteiger partial charge in [-0.1, -0.05) is 0 Å². The molecule has 0 rings (SSSR count). The summed E-state index contributed by atoms with van der Waals surface area (Å²) in [5.41, 5.74) is 0. The van der Waals surface area contributed by atoms with Gasteiger partial charge in [0.1, 0.15) is 6.61 Å². The maximum atomic E-state index is 10.5. The van der Waals surface area contributed by atoms with Gasteiger partial charge in [0.05, 0.1) is 0 Å². The number of rotatable bonds is 4. The average molecular weight is 176 g/mol. The molecule has 0 aromatic rings. The molecule has 0 amide bonds. The molecule has 0 unspecified atom stereocenters. The molecule has 0 radical (unpaired) electrons. The SMILES string of the molecule is O=C(O)/C=C/C(=O)OCCS. The molecule has 0 aromatic heterocycles. The van der Waals surface area contributed by atoms with E-state index in [-0.39, 0.29) is 6.61 Å². The van der Waals surface area contributed by atoms with Crippen LogP contribution in [0.15, 0.2) is 12.2 Å². The van der Waals surface area contributed by atoms with Crippen molar-refractivity contribution in [3.05, 3.63) is 12.2 Å². The maximum Gasteiger partial charge on any atom is 0.331 e. The predicted molar refractivity (Wildman–Crippen MR) is 41.6 cm³/mol. The van der Waals surface area contributed by atoms with Gasteiger partial charge in [0.2, 0.25) is 0 Å². The number of aliphatic carboxylic acids is 1. The minimum atomic E-state index is -1.17. The Morgan fingerprint density at radius 1 is 1.45 bits per heavy atom. The van der Waals surface area contributed by atoms with Crippen molar-refractivity contribution in [1.82, 2.24) is 0 Å². The van der Waals surface area contributed by atoms with Crippen LogP contribution in [0.25, 0.3) is 0 Å². The first-order valence-corrected chi connectivity index (χ1v) is 3.48. The fourth-order valence-electron chi connectivity index (χ4n) is 0.334. The highest BCUT2D eigenvalue weighted by atomic mass is 32.1. The number of hydrogen-bond acceptors (Lipinski definition) is 4. The molecule has 0 aliphatic rings. The molecule has 1 N–H and O–H groups in total. The van der Waals surface area contributed by atoms with Crippen molar-refractivity contribution in [2.24, 2.45) is 0 Å². The molecular weight excluding hydrogens is 168 g/mol. The summed E-state index contributed by atoms with van der Waals surface area (Å²) >= 11 is 3.79. The van der Waals surface area contributed by atoms with E-state index >= 15 is 0 Å². The molecule has 0 aliphatic heterocycles. The Balaban J connectivity index is 3.60. The Labute approximate surface area is 69.3 Å². The van der Waals surface area contributed by atoms with Crippen molar-refractivity contribution in [2.75, 3.05) is 12.4 Å². The Morgan fingerprint density at radius 3 is 2.55 bits per heavy atom. The van der Waals surface area contributed by atoms with Crippen LogP contribution in [0.5, 0.6) is 0 Å². The van der Waals surface area contributed by atoms with E-state index in [1.54, 1.807) is 0 Å². The molecule has 0 fully saturated rings. The van der Waals surface area contributed by atoms with E-state index in [2.05, 4.69) is 17.4 Å². The van der Waals surface area contributed by atoms with E-state index in [1.807, 2.05) is 0 Å². The zero-order valence-electron chi connectivity index (χ0n) is 5.69. The highest BCUT2D eigenvalue weighted by Gasteiger charge is 1.95. The lowest BCUT2D eigenvalue weighted by molar-refractivity contribution is -0.138. The summed E-state index contributed by atoms with van der Waals surface area (Å²) in [5, 5.41) is 8.08. The van der Waals surface area contributed by atoms with Gasteiger partial charge in [0.25, 0.3) is 0 Å². The number of carbonyl (C=O) groups is 2. The largest absolute Gasteiger partial charge is 0.478 e. The lowest BCUT2D eigenvalue weighted by Gasteiger charge is -1.95. The first-order valence-electron chi connectivity index (χ1n) is 2.85. The zero-order chi connectivity index (χ0) is 8.69. The van der Waals surface area contributed by atoms with E-state index in [0.717, 1.165) is 12.2 Å².